The second kappa shape index (κ2) is 6.91. The van der Waals surface area contributed by atoms with Gasteiger partial charge in [0.05, 0.1) is 0 Å². The van der Waals surface area contributed by atoms with E-state index in [-0.39, 0.29) is 0 Å². The average Bonchev–Trinajstić information content (AvgIpc) is 2.74. The normalized spacial score (nSPS) is 11.7. The lowest BCUT2D eigenvalue weighted by Gasteiger charge is -2.18. The monoisotopic (exact) mass is 273 g/mol. The molecule has 3 nitrogen and oxygen atoms in total. The summed E-state index contributed by atoms with van der Waals surface area (Å²) in [5, 5.41) is 4.89. The zero-order chi connectivity index (χ0) is 14.5. The van der Waals surface area contributed by atoms with E-state index in [1.807, 2.05) is 0 Å². The van der Waals surface area contributed by atoms with E-state index in [4.69, 9.17) is 0 Å². The molecule has 0 saturated heterocycles. The maximum Gasteiger partial charge on any atom is 0.0458 e. The summed E-state index contributed by atoms with van der Waals surface area (Å²) in [4.78, 5) is 5.86. The topological polar surface area (TPSA) is 31.1 Å². The van der Waals surface area contributed by atoms with E-state index < -0.39 is 0 Å². The Balaban J connectivity index is 1.92. The van der Waals surface area contributed by atoms with Gasteiger partial charge in [-0.3, -0.25) is 0 Å². The summed E-state index contributed by atoms with van der Waals surface area (Å²) in [7, 11) is 0. The van der Waals surface area contributed by atoms with Crippen LogP contribution in [0.4, 0.5) is 0 Å². The molecule has 0 aliphatic carbocycles. The predicted octanol–water partition coefficient (Wildman–Crippen LogP) is 3.22. The Morgan fingerprint density at radius 3 is 2.60 bits per heavy atom. The summed E-state index contributed by atoms with van der Waals surface area (Å²) in [5.41, 5.74) is 5.24. The van der Waals surface area contributed by atoms with Crippen molar-refractivity contribution in [1.82, 2.24) is 15.2 Å². The third-order valence-electron chi connectivity index (χ3n) is 4.20. The van der Waals surface area contributed by atoms with Crippen LogP contribution >= 0.6 is 0 Å². The number of nitrogens with one attached hydrogen (secondary N) is 2. The van der Waals surface area contributed by atoms with Gasteiger partial charge in [-0.05, 0) is 50.2 Å². The fourth-order valence-electron chi connectivity index (χ4n) is 2.63. The first-order valence-corrected chi connectivity index (χ1v) is 7.66. The van der Waals surface area contributed by atoms with Crippen molar-refractivity contribution in [2.45, 2.75) is 34.2 Å². The summed E-state index contributed by atoms with van der Waals surface area (Å²) in [6.45, 7) is 14.1. The minimum Gasteiger partial charge on any atom is -0.358 e. The van der Waals surface area contributed by atoms with Crippen LogP contribution in [-0.4, -0.2) is 36.1 Å². The van der Waals surface area contributed by atoms with Gasteiger partial charge in [-0.2, -0.15) is 0 Å². The third-order valence-corrected chi connectivity index (χ3v) is 4.20. The summed E-state index contributed by atoms with van der Waals surface area (Å²) in [6.07, 6.45) is 0. The molecule has 0 atom stereocenters. The van der Waals surface area contributed by atoms with Crippen molar-refractivity contribution >= 4 is 10.9 Å². The van der Waals surface area contributed by atoms with Crippen molar-refractivity contribution in [2.24, 2.45) is 0 Å². The van der Waals surface area contributed by atoms with Gasteiger partial charge < -0.3 is 15.2 Å². The summed E-state index contributed by atoms with van der Waals surface area (Å²) < 4.78 is 0. The van der Waals surface area contributed by atoms with Crippen molar-refractivity contribution in [3.63, 3.8) is 0 Å². The second-order valence-electron chi connectivity index (χ2n) is 5.46. The minimum absolute atomic E-state index is 0.945. The van der Waals surface area contributed by atoms with Crippen molar-refractivity contribution < 1.29 is 0 Å². The Labute approximate surface area is 122 Å². The van der Waals surface area contributed by atoms with Crippen LogP contribution in [0.2, 0.25) is 0 Å². The van der Waals surface area contributed by atoms with Gasteiger partial charge in [-0.15, -0.1) is 0 Å². The molecule has 2 aromatic rings. The van der Waals surface area contributed by atoms with Gasteiger partial charge in [0.2, 0.25) is 0 Å². The molecule has 0 spiro atoms. The maximum atomic E-state index is 3.54. The number of rotatable bonds is 7. The number of aromatic amines is 1. The van der Waals surface area contributed by atoms with E-state index in [1.54, 1.807) is 0 Å². The SMILES string of the molecule is CCN(CC)CCNCc1ccc2[nH]c(C)c(C)c2c1. The number of hydrogen-bond acceptors (Lipinski definition) is 2. The van der Waals surface area contributed by atoms with Crippen molar-refractivity contribution in [3.8, 4) is 0 Å². The van der Waals surface area contributed by atoms with Crippen molar-refractivity contribution in [1.29, 1.82) is 0 Å². The van der Waals surface area contributed by atoms with E-state index in [0.717, 1.165) is 32.7 Å². The number of nitrogens with zero attached hydrogens (tertiary/aromatic N) is 1. The highest BCUT2D eigenvalue weighted by molar-refractivity contribution is 5.84. The molecule has 1 aromatic carbocycles. The molecule has 3 heteroatoms. The third kappa shape index (κ3) is 3.41. The first-order chi connectivity index (χ1) is 9.65. The molecule has 0 bridgehead atoms. The molecule has 20 heavy (non-hydrogen) atoms. The van der Waals surface area contributed by atoms with E-state index in [2.05, 4.69) is 61.1 Å². The highest BCUT2D eigenvalue weighted by Crippen LogP contribution is 2.22. The largest absolute Gasteiger partial charge is 0.358 e. The van der Waals surface area contributed by atoms with Gasteiger partial charge in [0.25, 0.3) is 0 Å². The van der Waals surface area contributed by atoms with Gasteiger partial charge in [-0.1, -0.05) is 19.9 Å². The van der Waals surface area contributed by atoms with Gasteiger partial charge in [-0.25, -0.2) is 0 Å². The van der Waals surface area contributed by atoms with E-state index >= 15 is 0 Å². The van der Waals surface area contributed by atoms with Crippen LogP contribution in [0.15, 0.2) is 18.2 Å². The van der Waals surface area contributed by atoms with Crippen LogP contribution in [-0.2, 0) is 6.54 Å². The summed E-state index contributed by atoms with van der Waals surface area (Å²) in [6, 6.07) is 6.71. The molecule has 0 fully saturated rings. The molecule has 0 unspecified atom stereocenters. The molecule has 1 aromatic heterocycles. The van der Waals surface area contributed by atoms with Crippen LogP contribution in [0.3, 0.4) is 0 Å². The molecule has 0 aliphatic rings. The molecule has 0 radical (unpaired) electrons. The molecule has 1 heterocycles. The van der Waals surface area contributed by atoms with Crippen molar-refractivity contribution in [2.75, 3.05) is 26.2 Å². The van der Waals surface area contributed by atoms with E-state index in [0.29, 0.717) is 0 Å². The standard InChI is InChI=1S/C17H27N3/c1-5-20(6-2)10-9-18-12-15-7-8-17-16(11-15)13(3)14(4)19-17/h7-8,11,18-19H,5-6,9-10,12H2,1-4H3. The van der Waals surface area contributed by atoms with Gasteiger partial charge in [0, 0.05) is 36.2 Å². The zero-order valence-corrected chi connectivity index (χ0v) is 13.2. The smallest absolute Gasteiger partial charge is 0.0458 e. The molecular weight excluding hydrogens is 246 g/mol. The molecule has 2 N–H and O–H groups in total. The zero-order valence-electron chi connectivity index (χ0n) is 13.2. The van der Waals surface area contributed by atoms with E-state index in [9.17, 15) is 0 Å². The molecule has 110 valence electrons. The second-order valence-corrected chi connectivity index (χ2v) is 5.46. The molecular formula is C17H27N3. The average molecular weight is 273 g/mol. The van der Waals surface area contributed by atoms with Crippen LogP contribution in [0.1, 0.15) is 30.7 Å². The number of benzene rings is 1. The molecule has 0 aliphatic heterocycles. The van der Waals surface area contributed by atoms with Crippen LogP contribution < -0.4 is 5.32 Å². The lowest BCUT2D eigenvalue weighted by atomic mass is 10.1. The highest BCUT2D eigenvalue weighted by Gasteiger charge is 2.05. The van der Waals surface area contributed by atoms with Crippen molar-refractivity contribution in [3.05, 3.63) is 35.0 Å². The number of aromatic nitrogens is 1. The first-order valence-electron chi connectivity index (χ1n) is 7.66. The molecule has 2 rings (SSSR count). The number of hydrogen-bond donors (Lipinski definition) is 2. The lowest BCUT2D eigenvalue weighted by Crippen LogP contribution is -2.31. The fraction of sp³-hybridized carbons (Fsp3) is 0.529. The maximum absolute atomic E-state index is 3.54. The Bertz CT molecular complexity index is 553. The van der Waals surface area contributed by atoms with E-state index in [1.165, 1.54) is 27.7 Å². The first kappa shape index (κ1) is 15.1. The summed E-state index contributed by atoms with van der Waals surface area (Å²) >= 11 is 0. The van der Waals surface area contributed by atoms with Crippen LogP contribution in [0.25, 0.3) is 10.9 Å². The Morgan fingerprint density at radius 1 is 1.15 bits per heavy atom. The number of fused-ring (bicyclic) bond motifs is 1. The Morgan fingerprint density at radius 2 is 1.90 bits per heavy atom. The highest BCUT2D eigenvalue weighted by atomic mass is 15.1. The minimum atomic E-state index is 0.945. The molecule has 0 saturated carbocycles. The number of likely N-dealkylation sites (N-methyl/N-ethyl adjacent to an activating group) is 1. The quantitative estimate of drug-likeness (QED) is 0.759. The fourth-order valence-corrected chi connectivity index (χ4v) is 2.63. The van der Waals surface area contributed by atoms with Crippen LogP contribution in [0.5, 0.6) is 0 Å². The predicted molar refractivity (Wildman–Crippen MR) is 87.3 cm³/mol. The van der Waals surface area contributed by atoms with Gasteiger partial charge >= 0.3 is 0 Å². The number of aryl methyl sites for hydroxylation is 2. The number of H-pyrrole nitrogens is 1. The lowest BCUT2D eigenvalue weighted by molar-refractivity contribution is 0.302. The Kier molecular flexibility index (Phi) is 5.21. The summed E-state index contributed by atoms with van der Waals surface area (Å²) in [5.74, 6) is 0. The van der Waals surface area contributed by atoms with Gasteiger partial charge in [0.1, 0.15) is 0 Å². The Hall–Kier alpha value is -1.32. The molecule has 0 amide bonds. The van der Waals surface area contributed by atoms with Gasteiger partial charge in [0.15, 0.2) is 0 Å². The van der Waals surface area contributed by atoms with Crippen LogP contribution in [0, 0.1) is 13.8 Å².